The summed E-state index contributed by atoms with van der Waals surface area (Å²) in [6, 6.07) is 15.6. The summed E-state index contributed by atoms with van der Waals surface area (Å²) in [6.07, 6.45) is 3.36. The number of nitrogens with zero attached hydrogens (tertiary/aromatic N) is 2. The topological polar surface area (TPSA) is 53.0 Å². The Balaban J connectivity index is 1.43. The molecule has 1 spiro atoms. The Kier molecular flexibility index (Phi) is 5.47. The number of benzene rings is 2. The summed E-state index contributed by atoms with van der Waals surface area (Å²) >= 11 is 5.94. The maximum atomic E-state index is 11.2. The van der Waals surface area contributed by atoms with Crippen LogP contribution in [0, 0.1) is 0 Å². The smallest absolute Gasteiger partial charge is 0.407 e. The number of hydrogen-bond donors (Lipinski definition) is 1. The van der Waals surface area contributed by atoms with Gasteiger partial charge in [0.2, 0.25) is 0 Å². The average molecular weight is 401 g/mol. The molecule has 2 heterocycles. The molecule has 0 aliphatic carbocycles. The van der Waals surface area contributed by atoms with Gasteiger partial charge in [-0.3, -0.25) is 4.90 Å². The summed E-state index contributed by atoms with van der Waals surface area (Å²) in [5, 5.41) is 9.92. The monoisotopic (exact) mass is 400 g/mol. The average Bonchev–Trinajstić information content (AvgIpc) is 3.06. The highest BCUT2D eigenvalue weighted by Gasteiger charge is 2.43. The molecule has 5 nitrogen and oxygen atoms in total. The normalized spacial score (nSPS) is 19.1. The second-order valence-electron chi connectivity index (χ2n) is 7.72. The van der Waals surface area contributed by atoms with E-state index in [9.17, 15) is 9.90 Å². The van der Waals surface area contributed by atoms with Crippen LogP contribution in [0.25, 0.3) is 0 Å². The van der Waals surface area contributed by atoms with Crippen molar-refractivity contribution in [3.05, 3.63) is 59.1 Å². The molecule has 2 aliphatic heterocycles. The predicted molar refractivity (Wildman–Crippen MR) is 109 cm³/mol. The Morgan fingerprint density at radius 2 is 1.79 bits per heavy atom. The molecule has 6 heteroatoms. The van der Waals surface area contributed by atoms with Crippen LogP contribution in [0.5, 0.6) is 11.5 Å². The molecule has 4 rings (SSSR count). The standard InChI is InChI=1S/C22H25ClN2O3/c23-18-5-7-19(8-6-18)28-20-4-1-3-17(15-20)16-25-12-2-9-22(25)10-13-24(14-11-22)21(26)27/h1,3-8,15H,2,9-14,16H2,(H,26,27). The molecule has 2 aromatic carbocycles. The molecule has 1 amide bonds. The first-order valence-electron chi connectivity index (χ1n) is 9.79. The number of hydrogen-bond acceptors (Lipinski definition) is 3. The van der Waals surface area contributed by atoms with Gasteiger partial charge in [0.1, 0.15) is 11.5 Å². The first-order valence-corrected chi connectivity index (χ1v) is 10.2. The Labute approximate surface area is 170 Å². The van der Waals surface area contributed by atoms with E-state index < -0.39 is 6.09 Å². The quantitative estimate of drug-likeness (QED) is 0.762. The molecule has 1 N–H and O–H groups in total. The molecule has 0 radical (unpaired) electrons. The third kappa shape index (κ3) is 4.10. The molecular formula is C22H25ClN2O3. The van der Waals surface area contributed by atoms with Gasteiger partial charge in [-0.05, 0) is 74.2 Å². The van der Waals surface area contributed by atoms with E-state index in [1.807, 2.05) is 36.4 Å². The third-order valence-electron chi connectivity index (χ3n) is 6.03. The molecule has 2 fully saturated rings. The molecule has 28 heavy (non-hydrogen) atoms. The molecule has 0 bridgehead atoms. The van der Waals surface area contributed by atoms with Gasteiger partial charge in [-0.15, -0.1) is 0 Å². The Bertz CT molecular complexity index is 832. The van der Waals surface area contributed by atoms with Crippen molar-refractivity contribution < 1.29 is 14.6 Å². The van der Waals surface area contributed by atoms with Crippen LogP contribution in [-0.2, 0) is 6.54 Å². The molecule has 148 valence electrons. The number of ether oxygens (including phenoxy) is 1. The minimum absolute atomic E-state index is 0.138. The zero-order valence-electron chi connectivity index (χ0n) is 15.8. The van der Waals surface area contributed by atoms with E-state index in [4.69, 9.17) is 16.3 Å². The highest BCUT2D eigenvalue weighted by molar-refractivity contribution is 6.30. The number of amides is 1. The number of likely N-dealkylation sites (tertiary alicyclic amines) is 2. The molecule has 0 atom stereocenters. The van der Waals surface area contributed by atoms with Crippen LogP contribution in [0.2, 0.25) is 5.02 Å². The van der Waals surface area contributed by atoms with Crippen molar-refractivity contribution in [3.63, 3.8) is 0 Å². The number of rotatable bonds is 4. The predicted octanol–water partition coefficient (Wildman–Crippen LogP) is 5.24. The molecule has 2 aromatic rings. The van der Waals surface area contributed by atoms with Crippen LogP contribution < -0.4 is 4.74 Å². The van der Waals surface area contributed by atoms with Crippen LogP contribution >= 0.6 is 11.6 Å². The maximum absolute atomic E-state index is 11.2. The van der Waals surface area contributed by atoms with E-state index in [2.05, 4.69) is 17.0 Å². The fraction of sp³-hybridized carbons (Fsp3) is 0.409. The van der Waals surface area contributed by atoms with Crippen molar-refractivity contribution in [1.82, 2.24) is 9.80 Å². The molecule has 0 aromatic heterocycles. The van der Waals surface area contributed by atoms with Crippen molar-refractivity contribution in [2.75, 3.05) is 19.6 Å². The maximum Gasteiger partial charge on any atom is 0.407 e. The van der Waals surface area contributed by atoms with E-state index in [0.717, 1.165) is 43.9 Å². The van der Waals surface area contributed by atoms with Crippen molar-refractivity contribution in [1.29, 1.82) is 0 Å². The minimum Gasteiger partial charge on any atom is -0.465 e. The van der Waals surface area contributed by atoms with Gasteiger partial charge >= 0.3 is 6.09 Å². The lowest BCUT2D eigenvalue weighted by Gasteiger charge is -2.44. The highest BCUT2D eigenvalue weighted by Crippen LogP contribution is 2.39. The lowest BCUT2D eigenvalue weighted by atomic mass is 9.85. The van der Waals surface area contributed by atoms with Gasteiger partial charge in [-0.1, -0.05) is 23.7 Å². The summed E-state index contributed by atoms with van der Waals surface area (Å²) < 4.78 is 5.97. The second kappa shape index (κ2) is 8.02. The van der Waals surface area contributed by atoms with E-state index in [1.54, 1.807) is 4.90 Å². The zero-order valence-corrected chi connectivity index (χ0v) is 16.6. The van der Waals surface area contributed by atoms with Gasteiger partial charge in [-0.2, -0.15) is 0 Å². The second-order valence-corrected chi connectivity index (χ2v) is 8.16. The first-order chi connectivity index (χ1) is 13.5. The summed E-state index contributed by atoms with van der Waals surface area (Å²) in [6.45, 7) is 3.19. The fourth-order valence-corrected chi connectivity index (χ4v) is 4.61. The van der Waals surface area contributed by atoms with Gasteiger partial charge in [0, 0.05) is 30.2 Å². The zero-order chi connectivity index (χ0) is 19.6. The van der Waals surface area contributed by atoms with Crippen LogP contribution in [0.1, 0.15) is 31.2 Å². The first kappa shape index (κ1) is 19.1. The minimum atomic E-state index is -0.800. The number of carbonyl (C=O) groups is 1. The van der Waals surface area contributed by atoms with E-state index >= 15 is 0 Å². The van der Waals surface area contributed by atoms with Crippen LogP contribution in [0.3, 0.4) is 0 Å². The van der Waals surface area contributed by atoms with Gasteiger partial charge in [-0.25, -0.2) is 4.79 Å². The van der Waals surface area contributed by atoms with Crippen molar-refractivity contribution in [2.24, 2.45) is 0 Å². The molecule has 0 unspecified atom stereocenters. The van der Waals surface area contributed by atoms with Crippen molar-refractivity contribution in [2.45, 2.75) is 37.8 Å². The Morgan fingerprint density at radius 1 is 1.04 bits per heavy atom. The summed E-state index contributed by atoms with van der Waals surface area (Å²) in [5.41, 5.74) is 1.35. The number of carboxylic acid groups (broad SMARTS) is 1. The van der Waals surface area contributed by atoms with Crippen LogP contribution in [0.4, 0.5) is 4.79 Å². The Hall–Kier alpha value is -2.24. The van der Waals surface area contributed by atoms with Gasteiger partial charge in [0.15, 0.2) is 0 Å². The third-order valence-corrected chi connectivity index (χ3v) is 6.28. The Morgan fingerprint density at radius 3 is 2.50 bits per heavy atom. The highest BCUT2D eigenvalue weighted by atomic mass is 35.5. The lowest BCUT2D eigenvalue weighted by Crippen LogP contribution is -2.52. The summed E-state index contributed by atoms with van der Waals surface area (Å²) in [5.74, 6) is 1.58. The molecule has 2 aliphatic rings. The summed E-state index contributed by atoms with van der Waals surface area (Å²) in [4.78, 5) is 15.3. The van der Waals surface area contributed by atoms with Crippen LogP contribution in [-0.4, -0.2) is 46.2 Å². The molecular weight excluding hydrogens is 376 g/mol. The van der Waals surface area contributed by atoms with Gasteiger partial charge in [0.05, 0.1) is 0 Å². The fourth-order valence-electron chi connectivity index (χ4n) is 4.49. The number of halogens is 1. The van der Waals surface area contributed by atoms with Gasteiger partial charge in [0.25, 0.3) is 0 Å². The van der Waals surface area contributed by atoms with Crippen molar-refractivity contribution >= 4 is 17.7 Å². The molecule has 0 saturated carbocycles. The van der Waals surface area contributed by atoms with E-state index in [-0.39, 0.29) is 5.54 Å². The summed E-state index contributed by atoms with van der Waals surface area (Å²) in [7, 11) is 0. The SMILES string of the molecule is O=C(O)N1CCC2(CCCN2Cc2cccc(Oc3ccc(Cl)cc3)c2)CC1. The van der Waals surface area contributed by atoms with E-state index in [1.165, 1.54) is 12.0 Å². The largest absolute Gasteiger partial charge is 0.465 e. The lowest BCUT2D eigenvalue weighted by molar-refractivity contribution is 0.0479. The van der Waals surface area contributed by atoms with Crippen LogP contribution in [0.15, 0.2) is 48.5 Å². The van der Waals surface area contributed by atoms with Gasteiger partial charge < -0.3 is 14.7 Å². The van der Waals surface area contributed by atoms with Crippen molar-refractivity contribution in [3.8, 4) is 11.5 Å². The molecule has 2 saturated heterocycles. The number of piperidine rings is 1. The van der Waals surface area contributed by atoms with E-state index in [0.29, 0.717) is 18.1 Å².